The Kier molecular flexibility index (Phi) is 3.80. The van der Waals surface area contributed by atoms with E-state index in [9.17, 15) is 0 Å². The van der Waals surface area contributed by atoms with Gasteiger partial charge in [0, 0.05) is 6.04 Å². The maximum absolute atomic E-state index is 2.31. The van der Waals surface area contributed by atoms with E-state index in [2.05, 4.69) is 74.4 Å². The lowest BCUT2D eigenvalue weighted by Gasteiger charge is -2.30. The molecular formula is C16H21N-2. The van der Waals surface area contributed by atoms with Gasteiger partial charge in [-0.2, -0.15) is 35.4 Å². The molecule has 0 aliphatic heterocycles. The van der Waals surface area contributed by atoms with Crippen molar-refractivity contribution in [2.24, 2.45) is 0 Å². The third kappa shape index (κ3) is 2.86. The van der Waals surface area contributed by atoms with Gasteiger partial charge in [0.05, 0.1) is 0 Å². The smallest absolute Gasteiger partial charge is 0.0117 e. The highest BCUT2D eigenvalue weighted by molar-refractivity contribution is 5.24. The third-order valence-electron chi connectivity index (χ3n) is 3.53. The summed E-state index contributed by atoms with van der Waals surface area (Å²) >= 11 is 0. The Morgan fingerprint density at radius 2 is 1.65 bits per heavy atom. The number of hydrogen-bond donors (Lipinski definition) is 0. The SMILES string of the molecule is C[C@H](C[C@H](c1ccc[cH-]1)N(C)C)c1ccc[cH-]1. The first-order valence-electron chi connectivity index (χ1n) is 6.28. The standard InChI is InChI=1S/C16H21N/c1-13(14-8-4-5-9-14)12-16(17(2)3)15-10-6-7-11-15/h4-11,13,16H,12H2,1-3H3/q-2/t13-,16-/m1/s1. The maximum atomic E-state index is 2.31. The molecule has 0 saturated heterocycles. The quantitative estimate of drug-likeness (QED) is 0.700. The van der Waals surface area contributed by atoms with Gasteiger partial charge in [-0.3, -0.25) is 0 Å². The molecule has 0 fully saturated rings. The molecule has 0 aromatic heterocycles. The van der Waals surface area contributed by atoms with Gasteiger partial charge in [-0.15, -0.1) is 0 Å². The van der Waals surface area contributed by atoms with E-state index in [0.29, 0.717) is 12.0 Å². The number of hydrogen-bond acceptors (Lipinski definition) is 1. The lowest BCUT2D eigenvalue weighted by molar-refractivity contribution is 0.272. The Hall–Kier alpha value is -1.34. The minimum atomic E-state index is 0.509. The van der Waals surface area contributed by atoms with Crippen LogP contribution < -0.4 is 0 Å². The summed E-state index contributed by atoms with van der Waals surface area (Å²) < 4.78 is 0. The van der Waals surface area contributed by atoms with Crippen molar-refractivity contribution in [2.45, 2.75) is 25.3 Å². The van der Waals surface area contributed by atoms with Crippen molar-refractivity contribution in [2.75, 3.05) is 14.1 Å². The fraction of sp³-hybridized carbons (Fsp3) is 0.375. The third-order valence-corrected chi connectivity index (χ3v) is 3.53. The molecule has 17 heavy (non-hydrogen) atoms. The summed E-state index contributed by atoms with van der Waals surface area (Å²) in [6.45, 7) is 2.31. The van der Waals surface area contributed by atoms with E-state index >= 15 is 0 Å². The highest BCUT2D eigenvalue weighted by Crippen LogP contribution is 2.31. The van der Waals surface area contributed by atoms with Crippen LogP contribution in [0.4, 0.5) is 0 Å². The topological polar surface area (TPSA) is 3.24 Å². The predicted octanol–water partition coefficient (Wildman–Crippen LogP) is 3.92. The van der Waals surface area contributed by atoms with Crippen LogP contribution in [-0.4, -0.2) is 19.0 Å². The molecule has 1 heteroatoms. The van der Waals surface area contributed by atoms with Crippen molar-refractivity contribution in [1.82, 2.24) is 4.90 Å². The van der Waals surface area contributed by atoms with Gasteiger partial charge in [0.25, 0.3) is 0 Å². The zero-order valence-corrected chi connectivity index (χ0v) is 10.9. The van der Waals surface area contributed by atoms with Gasteiger partial charge in [0.15, 0.2) is 0 Å². The van der Waals surface area contributed by atoms with E-state index in [0.717, 1.165) is 0 Å². The molecule has 0 saturated carbocycles. The molecule has 0 radical (unpaired) electrons. The zero-order chi connectivity index (χ0) is 12.3. The highest BCUT2D eigenvalue weighted by Gasteiger charge is 2.14. The lowest BCUT2D eigenvalue weighted by Crippen LogP contribution is -2.21. The molecule has 2 aromatic carbocycles. The van der Waals surface area contributed by atoms with E-state index in [1.165, 1.54) is 17.5 Å². The molecule has 1 nitrogen and oxygen atoms in total. The molecule has 0 aliphatic rings. The van der Waals surface area contributed by atoms with Crippen LogP contribution in [0.15, 0.2) is 48.5 Å². The van der Waals surface area contributed by atoms with Gasteiger partial charge < -0.3 is 4.90 Å². The van der Waals surface area contributed by atoms with Crippen molar-refractivity contribution < 1.29 is 0 Å². The average molecular weight is 227 g/mol. The van der Waals surface area contributed by atoms with E-state index in [1.54, 1.807) is 0 Å². The average Bonchev–Trinajstić information content (AvgIpc) is 2.97. The molecule has 0 bridgehead atoms. The fourth-order valence-corrected chi connectivity index (χ4v) is 2.44. The second kappa shape index (κ2) is 5.33. The summed E-state index contributed by atoms with van der Waals surface area (Å²) in [4.78, 5) is 2.31. The first-order chi connectivity index (χ1) is 8.18. The number of rotatable bonds is 5. The Bertz CT molecular complexity index is 408. The van der Waals surface area contributed by atoms with Crippen molar-refractivity contribution in [1.29, 1.82) is 0 Å². The van der Waals surface area contributed by atoms with Crippen LogP contribution in [0.5, 0.6) is 0 Å². The van der Waals surface area contributed by atoms with Crippen LogP contribution in [0.3, 0.4) is 0 Å². The Balaban J connectivity index is 2.09. The van der Waals surface area contributed by atoms with Gasteiger partial charge in [0.2, 0.25) is 0 Å². The number of nitrogens with zero attached hydrogens (tertiary/aromatic N) is 1. The van der Waals surface area contributed by atoms with Crippen molar-refractivity contribution in [3.05, 3.63) is 59.7 Å². The summed E-state index contributed by atoms with van der Waals surface area (Å²) in [6, 6.07) is 17.9. The van der Waals surface area contributed by atoms with Crippen LogP contribution >= 0.6 is 0 Å². The molecule has 92 valence electrons. The monoisotopic (exact) mass is 227 g/mol. The first-order valence-corrected chi connectivity index (χ1v) is 6.28. The van der Waals surface area contributed by atoms with Crippen LogP contribution in [0, 0.1) is 0 Å². The van der Waals surface area contributed by atoms with E-state index < -0.39 is 0 Å². The van der Waals surface area contributed by atoms with Gasteiger partial charge in [-0.1, -0.05) is 6.92 Å². The summed E-state index contributed by atoms with van der Waals surface area (Å²) in [7, 11) is 4.32. The molecular weight excluding hydrogens is 206 g/mol. The summed E-state index contributed by atoms with van der Waals surface area (Å²) in [5, 5.41) is 0. The molecule has 0 spiro atoms. The zero-order valence-electron chi connectivity index (χ0n) is 10.9. The molecule has 0 aliphatic carbocycles. The van der Waals surface area contributed by atoms with Crippen molar-refractivity contribution in [3.63, 3.8) is 0 Å². The summed E-state index contributed by atoms with van der Waals surface area (Å²) in [6.07, 6.45) is 1.17. The molecule has 2 rings (SSSR count). The lowest BCUT2D eigenvalue weighted by atomic mass is 9.92. The van der Waals surface area contributed by atoms with Crippen molar-refractivity contribution in [3.8, 4) is 0 Å². The second-order valence-electron chi connectivity index (χ2n) is 5.05. The Morgan fingerprint density at radius 3 is 2.12 bits per heavy atom. The molecule has 0 heterocycles. The molecule has 2 atom stereocenters. The van der Waals surface area contributed by atoms with Gasteiger partial charge >= 0.3 is 0 Å². The minimum absolute atomic E-state index is 0.509. The van der Waals surface area contributed by atoms with Crippen LogP contribution in [-0.2, 0) is 0 Å². The fourth-order valence-electron chi connectivity index (χ4n) is 2.44. The van der Waals surface area contributed by atoms with Gasteiger partial charge in [0.1, 0.15) is 0 Å². The minimum Gasteiger partial charge on any atom is -0.304 e. The predicted molar refractivity (Wildman–Crippen MR) is 73.5 cm³/mol. The molecule has 0 amide bonds. The van der Waals surface area contributed by atoms with E-state index in [4.69, 9.17) is 0 Å². The van der Waals surface area contributed by atoms with Crippen LogP contribution in [0.25, 0.3) is 0 Å². The Labute approximate surface area is 104 Å². The van der Waals surface area contributed by atoms with E-state index in [1.807, 2.05) is 0 Å². The second-order valence-corrected chi connectivity index (χ2v) is 5.05. The molecule has 2 aromatic rings. The normalized spacial score (nSPS) is 15.1. The van der Waals surface area contributed by atoms with Crippen LogP contribution in [0.1, 0.15) is 36.4 Å². The summed E-state index contributed by atoms with van der Waals surface area (Å²) in [5.41, 5.74) is 2.87. The van der Waals surface area contributed by atoms with Crippen molar-refractivity contribution >= 4 is 0 Å². The maximum Gasteiger partial charge on any atom is 0.0117 e. The van der Waals surface area contributed by atoms with Gasteiger partial charge in [-0.25, -0.2) is 24.3 Å². The molecule has 0 unspecified atom stereocenters. The summed E-state index contributed by atoms with van der Waals surface area (Å²) in [5.74, 6) is 0.604. The van der Waals surface area contributed by atoms with Gasteiger partial charge in [-0.05, 0) is 26.4 Å². The van der Waals surface area contributed by atoms with E-state index in [-0.39, 0.29) is 0 Å². The van der Waals surface area contributed by atoms with Crippen LogP contribution in [0.2, 0.25) is 0 Å². The first kappa shape index (κ1) is 12.1. The highest BCUT2D eigenvalue weighted by atomic mass is 15.1. The largest absolute Gasteiger partial charge is 0.304 e. The Morgan fingerprint density at radius 1 is 1.06 bits per heavy atom. The molecule has 0 N–H and O–H groups in total.